The molecule has 0 radical (unpaired) electrons. The predicted octanol–water partition coefficient (Wildman–Crippen LogP) is 4.80. The molecule has 0 aliphatic carbocycles. The summed E-state index contributed by atoms with van der Waals surface area (Å²) in [7, 11) is 0. The van der Waals surface area contributed by atoms with Gasteiger partial charge in [-0.2, -0.15) is 5.10 Å². The van der Waals surface area contributed by atoms with Crippen molar-refractivity contribution in [3.63, 3.8) is 0 Å². The number of carbonyl (C=O) groups is 1. The molecule has 0 bridgehead atoms. The Balaban J connectivity index is 1.52. The lowest BCUT2D eigenvalue weighted by Crippen LogP contribution is -2.07. The van der Waals surface area contributed by atoms with Crippen LogP contribution >= 0.6 is 11.3 Å². The lowest BCUT2D eigenvalue weighted by molar-refractivity contribution is -0.142. The van der Waals surface area contributed by atoms with Crippen LogP contribution < -0.4 is 10.2 Å². The molecule has 0 aliphatic rings. The topological polar surface area (TPSA) is 72.8 Å². The Kier molecular flexibility index (Phi) is 6.75. The Morgan fingerprint density at radius 3 is 2.79 bits per heavy atom. The van der Waals surface area contributed by atoms with Crippen molar-refractivity contribution in [2.75, 3.05) is 12.0 Å². The molecule has 0 saturated heterocycles. The van der Waals surface area contributed by atoms with Gasteiger partial charge in [-0.15, -0.1) is 11.3 Å². The van der Waals surface area contributed by atoms with E-state index >= 15 is 0 Å². The van der Waals surface area contributed by atoms with Gasteiger partial charge in [-0.1, -0.05) is 12.1 Å². The van der Waals surface area contributed by atoms with Gasteiger partial charge in [0, 0.05) is 5.38 Å². The monoisotopic (exact) mass is 395 g/mol. The molecule has 0 saturated carbocycles. The van der Waals surface area contributed by atoms with Gasteiger partial charge in [-0.05, 0) is 61.4 Å². The number of aromatic nitrogens is 1. The number of aryl methyl sites for hydroxylation is 1. The second kappa shape index (κ2) is 9.66. The fourth-order valence-corrected chi connectivity index (χ4v) is 3.06. The van der Waals surface area contributed by atoms with Gasteiger partial charge >= 0.3 is 5.97 Å². The van der Waals surface area contributed by atoms with Crippen molar-refractivity contribution < 1.29 is 14.3 Å². The minimum absolute atomic E-state index is 0.165. The predicted molar refractivity (Wildman–Crippen MR) is 111 cm³/mol. The number of ether oxygens (including phenoxy) is 2. The highest BCUT2D eigenvalue weighted by Gasteiger charge is 2.07. The van der Waals surface area contributed by atoms with E-state index in [0.29, 0.717) is 17.4 Å². The highest BCUT2D eigenvalue weighted by molar-refractivity contribution is 7.13. The molecule has 0 spiro atoms. The summed E-state index contributed by atoms with van der Waals surface area (Å²) in [5, 5.41) is 6.61. The smallest absolute Gasteiger partial charge is 0.311 e. The zero-order valence-corrected chi connectivity index (χ0v) is 16.5. The molecular weight excluding hydrogens is 374 g/mol. The maximum Gasteiger partial charge on any atom is 0.311 e. The SMILES string of the molecule is CCOC(=O)Cc1csc(NN=Cc2ccc(Oc3cccc(C)c3)cc2)n1. The summed E-state index contributed by atoms with van der Waals surface area (Å²) >= 11 is 1.39. The number of hydrazone groups is 1. The van der Waals surface area contributed by atoms with E-state index in [9.17, 15) is 4.79 Å². The molecule has 7 heteroatoms. The number of esters is 1. The van der Waals surface area contributed by atoms with Crippen LogP contribution in [0.25, 0.3) is 0 Å². The molecule has 1 heterocycles. The first-order chi connectivity index (χ1) is 13.6. The van der Waals surface area contributed by atoms with Gasteiger partial charge in [0.25, 0.3) is 0 Å². The maximum absolute atomic E-state index is 11.5. The third-order valence-corrected chi connectivity index (χ3v) is 4.46. The van der Waals surface area contributed by atoms with Gasteiger partial charge in [0.1, 0.15) is 11.5 Å². The third kappa shape index (κ3) is 5.92. The molecule has 28 heavy (non-hydrogen) atoms. The number of thiazole rings is 1. The van der Waals surface area contributed by atoms with Crippen molar-refractivity contribution in [2.45, 2.75) is 20.3 Å². The van der Waals surface area contributed by atoms with Crippen LogP contribution in [0.5, 0.6) is 11.5 Å². The number of hydrogen-bond donors (Lipinski definition) is 1. The first-order valence-electron chi connectivity index (χ1n) is 8.86. The number of nitrogens with one attached hydrogen (secondary N) is 1. The molecule has 0 fully saturated rings. The number of benzene rings is 2. The van der Waals surface area contributed by atoms with E-state index in [-0.39, 0.29) is 12.4 Å². The van der Waals surface area contributed by atoms with Crippen molar-refractivity contribution in [3.8, 4) is 11.5 Å². The lowest BCUT2D eigenvalue weighted by Gasteiger charge is -2.06. The highest BCUT2D eigenvalue weighted by Crippen LogP contribution is 2.22. The maximum atomic E-state index is 11.5. The molecule has 2 aromatic carbocycles. The van der Waals surface area contributed by atoms with Gasteiger partial charge in [0.15, 0.2) is 0 Å². The molecule has 144 valence electrons. The number of anilines is 1. The van der Waals surface area contributed by atoms with Crippen molar-refractivity contribution in [2.24, 2.45) is 5.10 Å². The lowest BCUT2D eigenvalue weighted by atomic mass is 10.2. The molecule has 3 rings (SSSR count). The summed E-state index contributed by atoms with van der Waals surface area (Å²) in [5.41, 5.74) is 5.61. The third-order valence-electron chi connectivity index (χ3n) is 3.66. The standard InChI is InChI=1S/C21H21N3O3S/c1-3-26-20(25)12-17-14-28-21(23-17)24-22-13-16-7-9-18(10-8-16)27-19-6-4-5-15(2)11-19/h4-11,13-14H,3,12H2,1-2H3,(H,23,24). The van der Waals surface area contributed by atoms with E-state index in [1.54, 1.807) is 13.1 Å². The molecule has 0 unspecified atom stereocenters. The van der Waals surface area contributed by atoms with Crippen LogP contribution in [0.3, 0.4) is 0 Å². The summed E-state index contributed by atoms with van der Waals surface area (Å²) in [6.07, 6.45) is 1.86. The van der Waals surface area contributed by atoms with Gasteiger partial charge in [-0.25, -0.2) is 4.98 Å². The number of rotatable bonds is 8. The van der Waals surface area contributed by atoms with Crippen molar-refractivity contribution in [3.05, 3.63) is 70.7 Å². The molecule has 3 aromatic rings. The van der Waals surface area contributed by atoms with Crippen LogP contribution in [0.1, 0.15) is 23.7 Å². The second-order valence-corrected chi connectivity index (χ2v) is 6.84. The number of hydrogen-bond acceptors (Lipinski definition) is 7. The normalized spacial score (nSPS) is 10.8. The summed E-state index contributed by atoms with van der Waals surface area (Å²) in [4.78, 5) is 15.8. The molecule has 0 atom stereocenters. The van der Waals surface area contributed by atoms with Crippen molar-refractivity contribution >= 4 is 28.7 Å². The molecular formula is C21H21N3O3S. The average Bonchev–Trinajstić information content (AvgIpc) is 3.10. The Morgan fingerprint density at radius 2 is 2.04 bits per heavy atom. The van der Waals surface area contributed by atoms with Gasteiger partial charge in [0.05, 0.1) is 24.9 Å². The van der Waals surface area contributed by atoms with E-state index in [2.05, 4.69) is 15.5 Å². The Labute approximate surface area is 167 Å². The Hall–Kier alpha value is -3.19. The van der Waals surface area contributed by atoms with E-state index in [1.165, 1.54) is 11.3 Å². The van der Waals surface area contributed by atoms with Crippen LogP contribution in [0.2, 0.25) is 0 Å². The first-order valence-corrected chi connectivity index (χ1v) is 9.74. The number of nitrogens with zero attached hydrogens (tertiary/aromatic N) is 2. The van der Waals surface area contributed by atoms with Crippen LogP contribution in [0, 0.1) is 6.92 Å². The molecule has 1 aromatic heterocycles. The van der Waals surface area contributed by atoms with Crippen molar-refractivity contribution in [1.29, 1.82) is 0 Å². The highest BCUT2D eigenvalue weighted by atomic mass is 32.1. The fraction of sp³-hybridized carbons (Fsp3) is 0.190. The molecule has 1 N–H and O–H groups in total. The molecule has 0 aliphatic heterocycles. The van der Waals surface area contributed by atoms with Gasteiger partial charge < -0.3 is 9.47 Å². The van der Waals surface area contributed by atoms with Crippen LogP contribution in [-0.2, 0) is 16.0 Å². The molecule has 0 amide bonds. The van der Waals surface area contributed by atoms with E-state index in [4.69, 9.17) is 9.47 Å². The zero-order valence-electron chi connectivity index (χ0n) is 15.7. The summed E-state index contributed by atoms with van der Waals surface area (Å²) < 4.78 is 10.7. The van der Waals surface area contributed by atoms with E-state index < -0.39 is 0 Å². The Morgan fingerprint density at radius 1 is 1.21 bits per heavy atom. The quantitative estimate of drug-likeness (QED) is 0.337. The van der Waals surface area contributed by atoms with Crippen LogP contribution in [-0.4, -0.2) is 23.8 Å². The zero-order chi connectivity index (χ0) is 19.8. The minimum atomic E-state index is -0.282. The first kappa shape index (κ1) is 19.6. The molecule has 6 nitrogen and oxygen atoms in total. The van der Waals surface area contributed by atoms with Gasteiger partial charge in [0.2, 0.25) is 5.13 Å². The average molecular weight is 395 g/mol. The van der Waals surface area contributed by atoms with E-state index in [0.717, 1.165) is 22.6 Å². The van der Waals surface area contributed by atoms with Crippen molar-refractivity contribution in [1.82, 2.24) is 4.98 Å². The fourth-order valence-electron chi connectivity index (χ4n) is 2.40. The van der Waals surface area contributed by atoms with Crippen LogP contribution in [0.4, 0.5) is 5.13 Å². The van der Waals surface area contributed by atoms with Gasteiger partial charge in [-0.3, -0.25) is 10.2 Å². The summed E-state index contributed by atoms with van der Waals surface area (Å²) in [6, 6.07) is 15.5. The van der Waals surface area contributed by atoms with E-state index in [1.807, 2.05) is 60.8 Å². The minimum Gasteiger partial charge on any atom is -0.466 e. The summed E-state index contributed by atoms with van der Waals surface area (Å²) in [6.45, 7) is 4.18. The largest absolute Gasteiger partial charge is 0.466 e. The Bertz CT molecular complexity index is 952. The number of carbonyl (C=O) groups excluding carboxylic acids is 1. The van der Waals surface area contributed by atoms with Crippen LogP contribution in [0.15, 0.2) is 59.0 Å². The summed E-state index contributed by atoms with van der Waals surface area (Å²) in [5.74, 6) is 1.29. The second-order valence-electron chi connectivity index (χ2n) is 5.98.